The van der Waals surface area contributed by atoms with Crippen molar-refractivity contribution in [3.8, 4) is 11.1 Å². The van der Waals surface area contributed by atoms with Crippen LogP contribution in [0.1, 0.15) is 45.7 Å². The molecule has 4 N–H and O–H groups in total. The summed E-state index contributed by atoms with van der Waals surface area (Å²) in [7, 11) is 0. The van der Waals surface area contributed by atoms with E-state index in [1.165, 1.54) is 19.9 Å². The van der Waals surface area contributed by atoms with Crippen LogP contribution in [0.4, 0.5) is 10.5 Å². The van der Waals surface area contributed by atoms with E-state index >= 15 is 0 Å². The SMILES string of the molecule is CC(C)(C)OC(=O)NC(C)(C)C(=O)N[C@H](Cc1c[nH]c2ccccc12)C(=O)NCc1ccc(-c2ccccc2[N+](=O)[O-])cc1. The number of aromatic nitrogens is 1. The summed E-state index contributed by atoms with van der Waals surface area (Å²) in [5.41, 5.74) is 1.57. The molecule has 0 bridgehead atoms. The van der Waals surface area contributed by atoms with Crippen LogP contribution in [0.15, 0.2) is 79.0 Å². The van der Waals surface area contributed by atoms with Crippen LogP contribution >= 0.6 is 0 Å². The second-order valence-electron chi connectivity index (χ2n) is 12.0. The van der Waals surface area contributed by atoms with E-state index in [1.807, 2.05) is 30.5 Å². The average molecular weight is 600 g/mol. The van der Waals surface area contributed by atoms with Crippen LogP contribution in [-0.4, -0.2) is 45.0 Å². The highest BCUT2D eigenvalue weighted by Crippen LogP contribution is 2.29. The molecule has 3 aromatic carbocycles. The first-order valence-electron chi connectivity index (χ1n) is 14.2. The number of alkyl carbamates (subject to hydrolysis) is 1. The fraction of sp³-hybridized carbons (Fsp3) is 0.303. The Bertz CT molecular complexity index is 1670. The van der Waals surface area contributed by atoms with Gasteiger partial charge in [0.2, 0.25) is 11.8 Å². The summed E-state index contributed by atoms with van der Waals surface area (Å²) in [4.78, 5) is 53.5. The summed E-state index contributed by atoms with van der Waals surface area (Å²) in [5.74, 6) is -0.975. The topological polar surface area (TPSA) is 155 Å². The molecule has 230 valence electrons. The van der Waals surface area contributed by atoms with Crippen LogP contribution in [0.25, 0.3) is 22.0 Å². The molecule has 0 unspecified atom stereocenters. The number of hydrogen-bond donors (Lipinski definition) is 4. The number of nitro benzene ring substituents is 1. The van der Waals surface area contributed by atoms with Crippen molar-refractivity contribution >= 4 is 34.5 Å². The number of nitrogens with one attached hydrogen (secondary N) is 4. The molecule has 3 amide bonds. The van der Waals surface area contributed by atoms with Gasteiger partial charge in [-0.2, -0.15) is 0 Å². The molecule has 0 aliphatic rings. The number of hydrogen-bond acceptors (Lipinski definition) is 6. The third-order valence-corrected chi connectivity index (χ3v) is 6.93. The van der Waals surface area contributed by atoms with E-state index in [-0.39, 0.29) is 18.7 Å². The van der Waals surface area contributed by atoms with Crippen molar-refractivity contribution in [1.29, 1.82) is 0 Å². The quantitative estimate of drug-likeness (QED) is 0.141. The largest absolute Gasteiger partial charge is 0.444 e. The summed E-state index contributed by atoms with van der Waals surface area (Å²) in [5, 5.41) is 20.6. The first-order chi connectivity index (χ1) is 20.7. The van der Waals surface area contributed by atoms with Gasteiger partial charge in [-0.3, -0.25) is 19.7 Å². The van der Waals surface area contributed by atoms with Gasteiger partial charge in [0, 0.05) is 36.1 Å². The van der Waals surface area contributed by atoms with Crippen LogP contribution in [0.2, 0.25) is 0 Å². The Kier molecular flexibility index (Phi) is 9.37. The van der Waals surface area contributed by atoms with Crippen LogP contribution in [0.5, 0.6) is 0 Å². The third kappa shape index (κ3) is 8.00. The molecule has 1 heterocycles. The first kappa shape index (κ1) is 31.7. The second-order valence-corrected chi connectivity index (χ2v) is 12.0. The van der Waals surface area contributed by atoms with Crippen molar-refractivity contribution in [2.24, 2.45) is 0 Å². The van der Waals surface area contributed by atoms with Gasteiger partial charge in [0.15, 0.2) is 0 Å². The highest BCUT2D eigenvalue weighted by molar-refractivity contribution is 5.94. The van der Waals surface area contributed by atoms with Gasteiger partial charge in [-0.1, -0.05) is 54.6 Å². The third-order valence-electron chi connectivity index (χ3n) is 6.93. The minimum atomic E-state index is -1.38. The predicted octanol–water partition coefficient (Wildman–Crippen LogP) is 5.39. The van der Waals surface area contributed by atoms with Gasteiger partial charge in [-0.15, -0.1) is 0 Å². The number of rotatable bonds is 10. The number of para-hydroxylation sites is 2. The van der Waals surface area contributed by atoms with Gasteiger partial charge in [0.1, 0.15) is 17.2 Å². The van der Waals surface area contributed by atoms with Crippen LogP contribution in [0, 0.1) is 10.1 Å². The minimum absolute atomic E-state index is 0.00787. The van der Waals surface area contributed by atoms with Gasteiger partial charge < -0.3 is 25.7 Å². The Morgan fingerprint density at radius 3 is 2.27 bits per heavy atom. The average Bonchev–Trinajstić information content (AvgIpc) is 3.37. The number of carbonyl (C=O) groups is 3. The summed E-state index contributed by atoms with van der Waals surface area (Å²) < 4.78 is 5.31. The summed E-state index contributed by atoms with van der Waals surface area (Å²) in [6.45, 7) is 8.40. The molecule has 0 saturated heterocycles. The van der Waals surface area contributed by atoms with Crippen molar-refractivity contribution in [3.63, 3.8) is 0 Å². The van der Waals surface area contributed by atoms with Crippen molar-refractivity contribution < 1.29 is 24.0 Å². The van der Waals surface area contributed by atoms with Gasteiger partial charge in [0.05, 0.1) is 10.5 Å². The van der Waals surface area contributed by atoms with Crippen molar-refractivity contribution in [2.45, 2.75) is 64.8 Å². The molecule has 11 heteroatoms. The maximum atomic E-state index is 13.5. The molecule has 0 aliphatic carbocycles. The highest BCUT2D eigenvalue weighted by atomic mass is 16.6. The smallest absolute Gasteiger partial charge is 0.408 e. The van der Waals surface area contributed by atoms with Crippen molar-refractivity contribution in [2.75, 3.05) is 0 Å². The van der Waals surface area contributed by atoms with E-state index in [2.05, 4.69) is 20.9 Å². The molecule has 11 nitrogen and oxygen atoms in total. The predicted molar refractivity (Wildman–Crippen MR) is 168 cm³/mol. The summed E-state index contributed by atoms with van der Waals surface area (Å²) in [6.07, 6.45) is 1.25. The highest BCUT2D eigenvalue weighted by Gasteiger charge is 2.34. The number of ether oxygens (including phenoxy) is 1. The number of nitrogens with zero attached hydrogens (tertiary/aromatic N) is 1. The molecule has 4 rings (SSSR count). The lowest BCUT2D eigenvalue weighted by molar-refractivity contribution is -0.384. The Labute approximate surface area is 255 Å². The Morgan fingerprint density at radius 1 is 0.932 bits per heavy atom. The number of fused-ring (bicyclic) bond motifs is 1. The number of nitro groups is 1. The van der Waals surface area contributed by atoms with Gasteiger partial charge in [-0.05, 0) is 63.4 Å². The Balaban J connectivity index is 1.50. The van der Waals surface area contributed by atoms with Gasteiger partial charge in [0.25, 0.3) is 5.69 Å². The van der Waals surface area contributed by atoms with Crippen LogP contribution in [-0.2, 0) is 27.3 Å². The monoisotopic (exact) mass is 599 g/mol. The fourth-order valence-corrected chi connectivity index (χ4v) is 4.68. The molecule has 1 aromatic heterocycles. The molecule has 0 aliphatic heterocycles. The van der Waals surface area contributed by atoms with Gasteiger partial charge in [-0.25, -0.2) is 4.79 Å². The summed E-state index contributed by atoms with van der Waals surface area (Å²) in [6, 6.07) is 20.3. The Hall–Kier alpha value is -5.19. The Morgan fingerprint density at radius 2 is 1.59 bits per heavy atom. The van der Waals surface area contributed by atoms with E-state index in [4.69, 9.17) is 4.74 Å². The number of carbonyl (C=O) groups excluding carboxylic acids is 3. The zero-order valence-electron chi connectivity index (χ0n) is 25.4. The van der Waals surface area contributed by atoms with Crippen LogP contribution in [0.3, 0.4) is 0 Å². The first-order valence-corrected chi connectivity index (χ1v) is 14.2. The standard InChI is InChI=1S/C33H37N5O6/c1-32(2,3)44-31(41)37-33(4,5)30(40)36-27(18-23-20-34-26-12-8-6-10-24(23)26)29(39)35-19-21-14-16-22(17-15-21)25-11-7-9-13-28(25)38(42)43/h6-17,20,27,34H,18-19H2,1-5H3,(H,35,39)(H,36,40)(H,37,41)/t27-/m1/s1. The number of amides is 3. The molecule has 4 aromatic rings. The van der Waals surface area contributed by atoms with E-state index in [1.54, 1.807) is 63.2 Å². The van der Waals surface area contributed by atoms with Crippen LogP contribution < -0.4 is 16.0 Å². The lowest BCUT2D eigenvalue weighted by Crippen LogP contribution is -2.59. The molecule has 0 fully saturated rings. The number of aromatic amines is 1. The zero-order valence-corrected chi connectivity index (χ0v) is 25.4. The number of H-pyrrole nitrogens is 1. The lowest BCUT2D eigenvalue weighted by Gasteiger charge is -2.29. The second kappa shape index (κ2) is 13.0. The van der Waals surface area contributed by atoms with E-state index < -0.39 is 40.0 Å². The van der Waals surface area contributed by atoms with Crippen molar-refractivity contribution in [3.05, 3.63) is 100 Å². The zero-order chi connectivity index (χ0) is 32.1. The molecular weight excluding hydrogens is 562 g/mol. The van der Waals surface area contributed by atoms with Gasteiger partial charge >= 0.3 is 6.09 Å². The maximum Gasteiger partial charge on any atom is 0.408 e. The van der Waals surface area contributed by atoms with E-state index in [0.29, 0.717) is 11.1 Å². The molecule has 0 spiro atoms. The van der Waals surface area contributed by atoms with Crippen molar-refractivity contribution in [1.82, 2.24) is 20.9 Å². The molecule has 44 heavy (non-hydrogen) atoms. The molecule has 0 radical (unpaired) electrons. The molecule has 1 atom stereocenters. The van der Waals surface area contributed by atoms with E-state index in [0.717, 1.165) is 22.0 Å². The summed E-state index contributed by atoms with van der Waals surface area (Å²) >= 11 is 0. The maximum absolute atomic E-state index is 13.5. The minimum Gasteiger partial charge on any atom is -0.444 e. The number of benzene rings is 3. The molecule has 0 saturated carbocycles. The van der Waals surface area contributed by atoms with E-state index in [9.17, 15) is 24.5 Å². The lowest BCUT2D eigenvalue weighted by atomic mass is 10.0. The fourth-order valence-electron chi connectivity index (χ4n) is 4.68. The normalized spacial score (nSPS) is 12.3. The molecular formula is C33H37N5O6.